The van der Waals surface area contributed by atoms with Crippen LogP contribution in [-0.2, 0) is 0 Å². The van der Waals surface area contributed by atoms with Gasteiger partial charge in [-0.05, 0) is 50.2 Å². The first kappa shape index (κ1) is 11.1. The van der Waals surface area contributed by atoms with Gasteiger partial charge < -0.3 is 15.7 Å². The first-order valence-corrected chi connectivity index (χ1v) is 6.28. The fourth-order valence-corrected chi connectivity index (χ4v) is 3.12. The molecule has 0 saturated heterocycles. The Morgan fingerprint density at radius 2 is 2.27 bits per heavy atom. The summed E-state index contributed by atoms with van der Waals surface area (Å²) in [6.45, 7) is 2.29. The predicted octanol–water partition coefficient (Wildman–Crippen LogP) is 1.02. The summed E-state index contributed by atoms with van der Waals surface area (Å²) in [5.74, 6) is 1.77. The number of aliphatic hydroxyl groups excluding tert-OH is 1. The van der Waals surface area contributed by atoms with Gasteiger partial charge in [0.25, 0.3) is 0 Å². The van der Waals surface area contributed by atoms with E-state index < -0.39 is 0 Å². The zero-order chi connectivity index (χ0) is 10.8. The fourth-order valence-electron chi connectivity index (χ4n) is 2.88. The van der Waals surface area contributed by atoms with Crippen molar-refractivity contribution < 1.29 is 5.11 Å². The number of thiocarbonyl (C=S) groups is 1. The Morgan fingerprint density at radius 3 is 2.80 bits per heavy atom. The Hall–Kier alpha value is -0.350. The van der Waals surface area contributed by atoms with E-state index in [1.165, 1.54) is 25.7 Å². The first-order chi connectivity index (χ1) is 7.15. The maximum Gasteiger partial charge on any atom is 0.166 e. The van der Waals surface area contributed by atoms with Gasteiger partial charge in [0.15, 0.2) is 5.11 Å². The van der Waals surface area contributed by atoms with Crippen molar-refractivity contribution >= 4 is 17.3 Å². The molecule has 2 aliphatic rings. The Bertz CT molecular complexity index is 245. The molecule has 4 heteroatoms. The summed E-state index contributed by atoms with van der Waals surface area (Å²) in [7, 11) is 0. The van der Waals surface area contributed by atoms with Crippen molar-refractivity contribution in [2.75, 3.05) is 6.54 Å². The summed E-state index contributed by atoms with van der Waals surface area (Å²) in [5.41, 5.74) is 0. The van der Waals surface area contributed by atoms with Gasteiger partial charge in [0.2, 0.25) is 0 Å². The van der Waals surface area contributed by atoms with E-state index in [1.54, 1.807) is 6.92 Å². The van der Waals surface area contributed by atoms with Crippen LogP contribution in [0.3, 0.4) is 0 Å². The van der Waals surface area contributed by atoms with Crippen molar-refractivity contribution in [2.24, 2.45) is 11.8 Å². The maximum absolute atomic E-state index is 9.12. The molecular formula is C11H20N2OS. The second-order valence-electron chi connectivity index (χ2n) is 4.98. The quantitative estimate of drug-likeness (QED) is 0.631. The minimum atomic E-state index is -0.343. The lowest BCUT2D eigenvalue weighted by molar-refractivity contribution is 0.197. The molecule has 3 nitrogen and oxygen atoms in total. The van der Waals surface area contributed by atoms with E-state index in [1.807, 2.05) is 0 Å². The minimum absolute atomic E-state index is 0.343. The van der Waals surface area contributed by atoms with Crippen LogP contribution in [0.4, 0.5) is 0 Å². The molecule has 4 atom stereocenters. The average Bonchev–Trinajstić information content (AvgIpc) is 2.76. The number of rotatable bonds is 3. The Labute approximate surface area is 96.6 Å². The van der Waals surface area contributed by atoms with Crippen molar-refractivity contribution in [1.82, 2.24) is 10.6 Å². The van der Waals surface area contributed by atoms with Crippen LogP contribution < -0.4 is 10.6 Å². The summed E-state index contributed by atoms with van der Waals surface area (Å²) in [6, 6.07) is 0.581. The van der Waals surface area contributed by atoms with E-state index in [4.69, 9.17) is 17.3 Å². The van der Waals surface area contributed by atoms with Gasteiger partial charge >= 0.3 is 0 Å². The largest absolute Gasteiger partial charge is 0.392 e. The van der Waals surface area contributed by atoms with Crippen LogP contribution in [0.1, 0.15) is 32.6 Å². The van der Waals surface area contributed by atoms with Crippen LogP contribution in [-0.4, -0.2) is 28.9 Å². The third kappa shape index (κ3) is 2.82. The molecule has 0 heterocycles. The van der Waals surface area contributed by atoms with Gasteiger partial charge in [-0.3, -0.25) is 0 Å². The molecule has 0 amide bonds. The summed E-state index contributed by atoms with van der Waals surface area (Å²) in [4.78, 5) is 0. The van der Waals surface area contributed by atoms with Crippen LogP contribution in [0.25, 0.3) is 0 Å². The second kappa shape index (κ2) is 4.66. The molecule has 2 bridgehead atoms. The molecule has 2 fully saturated rings. The molecular weight excluding hydrogens is 208 g/mol. The molecule has 2 rings (SSSR count). The second-order valence-corrected chi connectivity index (χ2v) is 5.39. The summed E-state index contributed by atoms with van der Waals surface area (Å²) < 4.78 is 0. The van der Waals surface area contributed by atoms with Crippen molar-refractivity contribution in [2.45, 2.75) is 44.8 Å². The maximum atomic E-state index is 9.12. The minimum Gasteiger partial charge on any atom is -0.392 e. The van der Waals surface area contributed by atoms with E-state index in [9.17, 15) is 0 Å². The van der Waals surface area contributed by atoms with Crippen LogP contribution in [0.5, 0.6) is 0 Å². The molecule has 15 heavy (non-hydrogen) atoms. The Morgan fingerprint density at radius 1 is 1.47 bits per heavy atom. The highest BCUT2D eigenvalue weighted by molar-refractivity contribution is 7.80. The van der Waals surface area contributed by atoms with Crippen LogP contribution in [0, 0.1) is 11.8 Å². The van der Waals surface area contributed by atoms with Gasteiger partial charge in [-0.25, -0.2) is 0 Å². The van der Waals surface area contributed by atoms with Crippen LogP contribution >= 0.6 is 12.2 Å². The van der Waals surface area contributed by atoms with E-state index in [-0.39, 0.29) is 6.10 Å². The summed E-state index contributed by atoms with van der Waals surface area (Å²) >= 11 is 5.19. The van der Waals surface area contributed by atoms with Crippen molar-refractivity contribution in [3.05, 3.63) is 0 Å². The number of aliphatic hydroxyl groups is 1. The molecule has 0 aromatic rings. The van der Waals surface area contributed by atoms with Gasteiger partial charge in [0.1, 0.15) is 0 Å². The normalized spacial score (nSPS) is 35.2. The molecule has 0 aromatic carbocycles. The lowest BCUT2D eigenvalue weighted by Gasteiger charge is -2.24. The van der Waals surface area contributed by atoms with Gasteiger partial charge in [0, 0.05) is 12.6 Å². The van der Waals surface area contributed by atoms with Crippen molar-refractivity contribution in [1.29, 1.82) is 0 Å². The predicted molar refractivity (Wildman–Crippen MR) is 64.7 cm³/mol. The highest BCUT2D eigenvalue weighted by atomic mass is 32.1. The topological polar surface area (TPSA) is 44.3 Å². The molecule has 0 unspecified atom stereocenters. The molecule has 0 aromatic heterocycles. The number of hydrogen-bond donors (Lipinski definition) is 3. The smallest absolute Gasteiger partial charge is 0.166 e. The highest BCUT2D eigenvalue weighted by Gasteiger charge is 2.39. The molecule has 0 radical (unpaired) electrons. The lowest BCUT2D eigenvalue weighted by Crippen LogP contribution is -2.45. The third-order valence-electron chi connectivity index (χ3n) is 3.61. The van der Waals surface area contributed by atoms with E-state index >= 15 is 0 Å². The third-order valence-corrected chi connectivity index (χ3v) is 3.87. The van der Waals surface area contributed by atoms with Gasteiger partial charge in [-0.1, -0.05) is 6.42 Å². The SMILES string of the molecule is C[C@H](O)CNC(=S)N[C@@H]1C[C@H]2CC[C@@H]1C2. The van der Waals surface area contributed by atoms with Crippen molar-refractivity contribution in [3.8, 4) is 0 Å². The highest BCUT2D eigenvalue weighted by Crippen LogP contribution is 2.44. The van der Waals surface area contributed by atoms with E-state index in [0.29, 0.717) is 17.7 Å². The lowest BCUT2D eigenvalue weighted by atomic mass is 9.96. The van der Waals surface area contributed by atoms with Crippen LogP contribution in [0.2, 0.25) is 0 Å². The van der Waals surface area contributed by atoms with E-state index in [2.05, 4.69) is 10.6 Å². The van der Waals surface area contributed by atoms with Crippen molar-refractivity contribution in [3.63, 3.8) is 0 Å². The number of nitrogens with one attached hydrogen (secondary N) is 2. The zero-order valence-corrected chi connectivity index (χ0v) is 10.0. The standard InChI is InChI=1S/C11H20N2OS/c1-7(14)6-12-11(15)13-10-5-8-2-3-9(10)4-8/h7-10,14H,2-6H2,1H3,(H2,12,13,15)/t7-,8-,9+,10+/m0/s1. The zero-order valence-electron chi connectivity index (χ0n) is 9.20. The van der Waals surface area contributed by atoms with Gasteiger partial charge in [-0.2, -0.15) is 0 Å². The van der Waals surface area contributed by atoms with Gasteiger partial charge in [0.05, 0.1) is 6.10 Å². The Kier molecular flexibility index (Phi) is 3.46. The monoisotopic (exact) mass is 228 g/mol. The molecule has 2 aliphatic carbocycles. The molecule has 0 spiro atoms. The summed E-state index contributed by atoms with van der Waals surface area (Å²) in [6.07, 6.45) is 5.10. The first-order valence-electron chi connectivity index (χ1n) is 5.87. The fraction of sp³-hybridized carbons (Fsp3) is 0.909. The molecule has 3 N–H and O–H groups in total. The average molecular weight is 228 g/mol. The number of hydrogen-bond acceptors (Lipinski definition) is 2. The number of fused-ring (bicyclic) bond motifs is 2. The van der Waals surface area contributed by atoms with Crippen LogP contribution in [0.15, 0.2) is 0 Å². The van der Waals surface area contributed by atoms with Gasteiger partial charge in [-0.15, -0.1) is 0 Å². The Balaban J connectivity index is 1.71. The summed E-state index contributed by atoms with van der Waals surface area (Å²) in [5, 5.41) is 16.2. The molecule has 2 saturated carbocycles. The molecule has 0 aliphatic heterocycles. The molecule has 86 valence electrons. The van der Waals surface area contributed by atoms with E-state index in [0.717, 1.165) is 11.8 Å².